The van der Waals surface area contributed by atoms with E-state index < -0.39 is 17.7 Å². The van der Waals surface area contributed by atoms with Gasteiger partial charge in [-0.3, -0.25) is 10.3 Å². The molecular weight excluding hydrogens is 298 g/mol. The highest BCUT2D eigenvalue weighted by atomic mass is 16.6. The smallest absolute Gasteiger partial charge is 0.413 e. The third kappa shape index (κ3) is 4.38. The lowest BCUT2D eigenvalue weighted by molar-refractivity contribution is 0.0525. The van der Waals surface area contributed by atoms with E-state index in [9.17, 15) is 9.59 Å². The molecule has 0 aliphatic heterocycles. The normalized spacial score (nSPS) is 11.1. The molecule has 0 aliphatic rings. The number of pyridine rings is 2. The number of fused-ring (bicyclic) bond motifs is 1. The van der Waals surface area contributed by atoms with Crippen LogP contribution in [0.5, 0.6) is 0 Å². The van der Waals surface area contributed by atoms with Crippen LogP contribution in [0.25, 0.3) is 10.9 Å². The molecule has 0 aromatic carbocycles. The third-order valence-corrected chi connectivity index (χ3v) is 2.73. The molecule has 0 fully saturated rings. The minimum absolute atomic E-state index is 0.271. The Kier molecular flexibility index (Phi) is 4.78. The Labute approximate surface area is 134 Å². The van der Waals surface area contributed by atoms with Crippen molar-refractivity contribution in [1.29, 1.82) is 0 Å². The van der Waals surface area contributed by atoms with E-state index in [1.165, 1.54) is 12.4 Å². The maximum Gasteiger partial charge on any atom is 0.413 e. The van der Waals surface area contributed by atoms with Crippen LogP contribution in [0.3, 0.4) is 0 Å². The Morgan fingerprint density at radius 3 is 2.65 bits per heavy atom. The van der Waals surface area contributed by atoms with E-state index in [1.807, 2.05) is 0 Å². The predicted octanol–water partition coefficient (Wildman–Crippen LogP) is 3.15. The number of aromatic nitrogens is 2. The van der Waals surface area contributed by atoms with Crippen molar-refractivity contribution >= 4 is 28.8 Å². The Hall–Kier alpha value is -2.70. The van der Waals surface area contributed by atoms with Crippen LogP contribution < -0.4 is 5.32 Å². The molecule has 0 aliphatic carbocycles. The van der Waals surface area contributed by atoms with E-state index in [-0.39, 0.29) is 5.82 Å². The van der Waals surface area contributed by atoms with Crippen molar-refractivity contribution in [2.24, 2.45) is 0 Å². The fraction of sp³-hybridized carbons (Fsp3) is 0.375. The van der Waals surface area contributed by atoms with Gasteiger partial charge in [0.25, 0.3) is 0 Å². The van der Waals surface area contributed by atoms with Crippen molar-refractivity contribution in [2.75, 3.05) is 11.9 Å². The summed E-state index contributed by atoms with van der Waals surface area (Å²) in [4.78, 5) is 31.9. The zero-order valence-corrected chi connectivity index (χ0v) is 13.5. The molecule has 0 spiro atoms. The Morgan fingerprint density at radius 2 is 2.00 bits per heavy atom. The predicted molar refractivity (Wildman–Crippen MR) is 85.4 cm³/mol. The van der Waals surface area contributed by atoms with Gasteiger partial charge in [-0.05, 0) is 39.8 Å². The number of hydrogen-bond donors (Lipinski definition) is 1. The molecule has 23 heavy (non-hydrogen) atoms. The summed E-state index contributed by atoms with van der Waals surface area (Å²) in [6.07, 6.45) is 2.29. The van der Waals surface area contributed by atoms with Gasteiger partial charge in [-0.25, -0.2) is 14.6 Å². The first kappa shape index (κ1) is 16.7. The second-order valence-corrected chi connectivity index (χ2v) is 5.80. The first-order chi connectivity index (χ1) is 10.8. The number of ether oxygens (including phenoxy) is 2. The van der Waals surface area contributed by atoms with Crippen LogP contribution in [0.4, 0.5) is 10.6 Å². The molecular formula is C16H19N3O4. The van der Waals surface area contributed by atoms with Crippen LogP contribution in [0.2, 0.25) is 0 Å². The number of nitrogens with one attached hydrogen (secondary N) is 1. The average Bonchev–Trinajstić information content (AvgIpc) is 2.45. The number of nitrogens with zero attached hydrogens (tertiary/aromatic N) is 2. The Morgan fingerprint density at radius 1 is 1.26 bits per heavy atom. The first-order valence-corrected chi connectivity index (χ1v) is 7.22. The van der Waals surface area contributed by atoms with Crippen molar-refractivity contribution in [2.45, 2.75) is 33.3 Å². The maximum atomic E-state index is 11.9. The molecule has 0 saturated heterocycles. The van der Waals surface area contributed by atoms with Gasteiger partial charge in [-0.2, -0.15) is 0 Å². The standard InChI is InChI=1S/C16H19N3O4/c1-5-22-14(20)11-8-10-6-7-17-13(12(10)18-9-11)19-15(21)23-16(2,3)4/h6-9H,5H2,1-4H3,(H,17,19,21). The minimum Gasteiger partial charge on any atom is -0.462 e. The van der Waals surface area contributed by atoms with Crippen LogP contribution in [-0.2, 0) is 9.47 Å². The van der Waals surface area contributed by atoms with Crippen LogP contribution >= 0.6 is 0 Å². The molecule has 122 valence electrons. The summed E-state index contributed by atoms with van der Waals surface area (Å²) in [6.45, 7) is 7.34. The topological polar surface area (TPSA) is 90.4 Å². The largest absolute Gasteiger partial charge is 0.462 e. The van der Waals surface area contributed by atoms with Gasteiger partial charge >= 0.3 is 12.1 Å². The highest BCUT2D eigenvalue weighted by molar-refractivity contribution is 5.99. The van der Waals surface area contributed by atoms with Gasteiger partial charge < -0.3 is 9.47 Å². The molecule has 0 atom stereocenters. The summed E-state index contributed by atoms with van der Waals surface area (Å²) < 4.78 is 10.1. The van der Waals surface area contributed by atoms with E-state index in [1.54, 1.807) is 39.8 Å². The van der Waals surface area contributed by atoms with Crippen LogP contribution in [0.15, 0.2) is 24.5 Å². The van der Waals surface area contributed by atoms with Crippen molar-refractivity contribution in [3.63, 3.8) is 0 Å². The molecule has 2 aromatic rings. The Balaban J connectivity index is 2.29. The summed E-state index contributed by atoms with van der Waals surface area (Å²) in [7, 11) is 0. The SMILES string of the molecule is CCOC(=O)c1cnc2c(NC(=O)OC(C)(C)C)nccc2c1. The quantitative estimate of drug-likeness (QED) is 0.874. The summed E-state index contributed by atoms with van der Waals surface area (Å²) in [5, 5.41) is 3.23. The number of anilines is 1. The highest BCUT2D eigenvalue weighted by Crippen LogP contribution is 2.21. The summed E-state index contributed by atoms with van der Waals surface area (Å²) >= 11 is 0. The van der Waals surface area contributed by atoms with Crippen LogP contribution in [-0.4, -0.2) is 34.2 Å². The summed E-state index contributed by atoms with van der Waals surface area (Å²) in [6, 6.07) is 3.34. The fourth-order valence-electron chi connectivity index (χ4n) is 1.88. The lowest BCUT2D eigenvalue weighted by atomic mass is 10.2. The van der Waals surface area contributed by atoms with Gasteiger partial charge in [-0.1, -0.05) is 0 Å². The minimum atomic E-state index is -0.617. The number of esters is 1. The number of amides is 1. The Bertz CT molecular complexity index is 738. The molecule has 2 rings (SSSR count). The third-order valence-electron chi connectivity index (χ3n) is 2.73. The van der Waals surface area contributed by atoms with Gasteiger partial charge in [0.2, 0.25) is 0 Å². The number of carbonyl (C=O) groups is 2. The summed E-state index contributed by atoms with van der Waals surface area (Å²) in [5.41, 5.74) is 0.194. The lowest BCUT2D eigenvalue weighted by Gasteiger charge is -2.19. The van der Waals surface area contributed by atoms with E-state index in [4.69, 9.17) is 9.47 Å². The summed E-state index contributed by atoms with van der Waals surface area (Å²) in [5.74, 6) is -0.174. The molecule has 0 saturated carbocycles. The molecule has 2 heterocycles. The fourth-order valence-corrected chi connectivity index (χ4v) is 1.88. The van der Waals surface area contributed by atoms with E-state index in [2.05, 4.69) is 15.3 Å². The van der Waals surface area contributed by atoms with Crippen molar-refractivity contribution in [3.8, 4) is 0 Å². The zero-order valence-electron chi connectivity index (χ0n) is 13.5. The number of rotatable bonds is 3. The monoisotopic (exact) mass is 317 g/mol. The molecule has 0 bridgehead atoms. The van der Waals surface area contributed by atoms with Gasteiger partial charge in [0.05, 0.1) is 12.2 Å². The van der Waals surface area contributed by atoms with E-state index in [0.29, 0.717) is 23.1 Å². The maximum absolute atomic E-state index is 11.9. The molecule has 1 amide bonds. The first-order valence-electron chi connectivity index (χ1n) is 7.22. The second-order valence-electron chi connectivity index (χ2n) is 5.80. The number of carbonyl (C=O) groups excluding carboxylic acids is 2. The van der Waals surface area contributed by atoms with E-state index in [0.717, 1.165) is 0 Å². The van der Waals surface area contributed by atoms with Gasteiger partial charge in [0.15, 0.2) is 5.82 Å². The van der Waals surface area contributed by atoms with Gasteiger partial charge in [0.1, 0.15) is 11.1 Å². The number of hydrogen-bond acceptors (Lipinski definition) is 6. The van der Waals surface area contributed by atoms with Crippen molar-refractivity contribution < 1.29 is 19.1 Å². The molecule has 0 unspecified atom stereocenters. The van der Waals surface area contributed by atoms with Gasteiger partial charge in [0, 0.05) is 17.8 Å². The van der Waals surface area contributed by atoms with Crippen molar-refractivity contribution in [1.82, 2.24) is 9.97 Å². The zero-order chi connectivity index (χ0) is 17.0. The average molecular weight is 317 g/mol. The van der Waals surface area contributed by atoms with Crippen LogP contribution in [0.1, 0.15) is 38.1 Å². The molecule has 7 nitrogen and oxygen atoms in total. The van der Waals surface area contributed by atoms with Gasteiger partial charge in [-0.15, -0.1) is 0 Å². The highest BCUT2D eigenvalue weighted by Gasteiger charge is 2.18. The second kappa shape index (κ2) is 6.60. The lowest BCUT2D eigenvalue weighted by Crippen LogP contribution is -2.27. The molecule has 0 radical (unpaired) electrons. The molecule has 2 aromatic heterocycles. The molecule has 1 N–H and O–H groups in total. The molecule has 7 heteroatoms. The van der Waals surface area contributed by atoms with Crippen LogP contribution in [0, 0.1) is 0 Å². The van der Waals surface area contributed by atoms with E-state index >= 15 is 0 Å². The van der Waals surface area contributed by atoms with Crippen molar-refractivity contribution in [3.05, 3.63) is 30.1 Å².